The molecular weight excluding hydrogens is 266 g/mol. The van der Waals surface area contributed by atoms with Crippen LogP contribution >= 0.6 is 11.3 Å². The second kappa shape index (κ2) is 5.08. The largest absolute Gasteiger partial charge is 0.481 e. The summed E-state index contributed by atoms with van der Waals surface area (Å²) in [6.45, 7) is 5.63. The number of carboxylic acids is 1. The van der Waals surface area contributed by atoms with E-state index < -0.39 is 11.4 Å². The summed E-state index contributed by atoms with van der Waals surface area (Å²) in [4.78, 5) is 15.7. The summed E-state index contributed by atoms with van der Waals surface area (Å²) < 4.78 is 5.56. The number of aliphatic carboxylic acids is 1. The lowest BCUT2D eigenvalue weighted by Crippen LogP contribution is -2.19. The molecule has 7 heteroatoms. The summed E-state index contributed by atoms with van der Waals surface area (Å²) in [5, 5.41) is 17.7. The maximum Gasteiger partial charge on any atom is 0.303 e. The average molecular weight is 281 g/mol. The summed E-state index contributed by atoms with van der Waals surface area (Å²) in [6, 6.07) is 0. The number of hydrogen-bond donors (Lipinski definition) is 1. The van der Waals surface area contributed by atoms with E-state index in [0.29, 0.717) is 18.2 Å². The predicted molar refractivity (Wildman–Crippen MR) is 69.9 cm³/mol. The first-order valence-corrected chi connectivity index (χ1v) is 6.64. The molecule has 0 aliphatic carbocycles. The molecule has 0 saturated heterocycles. The maximum atomic E-state index is 10.8. The molecule has 6 nitrogen and oxygen atoms in total. The average Bonchev–Trinajstić information content (AvgIpc) is 2.84. The van der Waals surface area contributed by atoms with Gasteiger partial charge in [0.2, 0.25) is 5.89 Å². The van der Waals surface area contributed by atoms with Crippen LogP contribution in [0.15, 0.2) is 10.6 Å². The molecule has 0 radical (unpaired) electrons. The van der Waals surface area contributed by atoms with E-state index in [1.165, 1.54) is 11.3 Å². The number of rotatable bonds is 5. The molecule has 0 spiro atoms. The minimum absolute atomic E-state index is 0.0599. The fourth-order valence-electron chi connectivity index (χ4n) is 1.77. The highest BCUT2D eigenvalue weighted by molar-refractivity contribution is 7.14. The van der Waals surface area contributed by atoms with Gasteiger partial charge in [-0.05, 0) is 12.3 Å². The maximum absolute atomic E-state index is 10.8. The van der Waals surface area contributed by atoms with Crippen molar-refractivity contribution in [2.24, 2.45) is 5.41 Å². The summed E-state index contributed by atoms with van der Waals surface area (Å²) in [5.41, 5.74) is -0.417. The van der Waals surface area contributed by atoms with Crippen molar-refractivity contribution in [2.45, 2.75) is 33.6 Å². The normalized spacial score (nSPS) is 11.7. The Morgan fingerprint density at radius 1 is 1.47 bits per heavy atom. The van der Waals surface area contributed by atoms with Crippen molar-refractivity contribution < 1.29 is 14.3 Å². The van der Waals surface area contributed by atoms with Crippen LogP contribution in [-0.2, 0) is 11.2 Å². The zero-order chi connectivity index (χ0) is 14.0. The molecule has 0 aromatic carbocycles. The van der Waals surface area contributed by atoms with Gasteiger partial charge in [0.1, 0.15) is 4.88 Å². The highest BCUT2D eigenvalue weighted by Gasteiger charge is 2.25. The standard InChI is InChI=1S/C12H15N3O3S/c1-7-13-6-8(19-7)11-15-14-9(18-11)4-12(2,3)5-10(16)17/h6H,4-5H2,1-3H3,(H,16,17). The topological polar surface area (TPSA) is 89.1 Å². The van der Waals surface area contributed by atoms with E-state index in [2.05, 4.69) is 15.2 Å². The summed E-state index contributed by atoms with van der Waals surface area (Å²) in [5.74, 6) is 0.0573. The first-order valence-electron chi connectivity index (χ1n) is 5.83. The van der Waals surface area contributed by atoms with E-state index in [9.17, 15) is 4.79 Å². The Morgan fingerprint density at radius 3 is 2.79 bits per heavy atom. The molecular formula is C12H15N3O3S. The number of aromatic nitrogens is 3. The molecule has 1 N–H and O–H groups in total. The predicted octanol–water partition coefficient (Wildman–Crippen LogP) is 2.54. The summed E-state index contributed by atoms with van der Waals surface area (Å²) >= 11 is 1.48. The van der Waals surface area contributed by atoms with Gasteiger partial charge in [0.25, 0.3) is 5.89 Å². The minimum atomic E-state index is -0.831. The highest BCUT2D eigenvalue weighted by atomic mass is 32.1. The number of carboxylic acid groups (broad SMARTS) is 1. The van der Waals surface area contributed by atoms with Gasteiger partial charge in [-0.1, -0.05) is 13.8 Å². The van der Waals surface area contributed by atoms with Crippen LogP contribution in [0.1, 0.15) is 31.2 Å². The molecule has 0 atom stereocenters. The van der Waals surface area contributed by atoms with Gasteiger partial charge >= 0.3 is 5.97 Å². The summed E-state index contributed by atoms with van der Waals surface area (Å²) in [7, 11) is 0. The van der Waals surface area contributed by atoms with Gasteiger partial charge in [-0.15, -0.1) is 21.5 Å². The Bertz CT molecular complexity index is 589. The molecule has 0 bridgehead atoms. The van der Waals surface area contributed by atoms with Crippen LogP contribution in [0.25, 0.3) is 10.8 Å². The molecule has 19 heavy (non-hydrogen) atoms. The van der Waals surface area contributed by atoms with Crippen LogP contribution in [0, 0.1) is 12.3 Å². The van der Waals surface area contributed by atoms with Crippen molar-refractivity contribution in [1.82, 2.24) is 15.2 Å². The molecule has 0 aliphatic heterocycles. The highest BCUT2D eigenvalue weighted by Crippen LogP contribution is 2.28. The number of thiazole rings is 1. The van der Waals surface area contributed by atoms with Gasteiger partial charge in [-0.3, -0.25) is 4.79 Å². The van der Waals surface area contributed by atoms with Crippen molar-refractivity contribution in [3.63, 3.8) is 0 Å². The SMILES string of the molecule is Cc1ncc(-c2nnc(CC(C)(C)CC(=O)O)o2)s1. The third kappa shape index (κ3) is 3.60. The number of carbonyl (C=O) groups is 1. The quantitative estimate of drug-likeness (QED) is 0.905. The Labute approximate surface area is 114 Å². The number of aryl methyl sites for hydroxylation is 1. The third-order valence-corrected chi connectivity index (χ3v) is 3.46. The van der Waals surface area contributed by atoms with Gasteiger partial charge in [0.05, 0.1) is 17.6 Å². The molecule has 0 unspecified atom stereocenters. The number of nitrogens with zero attached hydrogens (tertiary/aromatic N) is 3. The van der Waals surface area contributed by atoms with Crippen LogP contribution in [0.3, 0.4) is 0 Å². The Morgan fingerprint density at radius 2 is 2.21 bits per heavy atom. The molecule has 2 rings (SSSR count). The van der Waals surface area contributed by atoms with Gasteiger partial charge in [0.15, 0.2) is 0 Å². The molecule has 2 heterocycles. The van der Waals surface area contributed by atoms with Crippen LogP contribution in [0.2, 0.25) is 0 Å². The van der Waals surface area contributed by atoms with Gasteiger partial charge in [-0.25, -0.2) is 4.98 Å². The lowest BCUT2D eigenvalue weighted by Gasteiger charge is -2.19. The van der Waals surface area contributed by atoms with Crippen LogP contribution in [0.5, 0.6) is 0 Å². The molecule has 2 aromatic rings. The first-order chi connectivity index (χ1) is 8.85. The molecule has 0 aliphatic rings. The van der Waals surface area contributed by atoms with Gasteiger partial charge in [-0.2, -0.15) is 0 Å². The Hall–Kier alpha value is -1.76. The number of hydrogen-bond acceptors (Lipinski definition) is 6. The van der Waals surface area contributed by atoms with Crippen molar-refractivity contribution in [2.75, 3.05) is 0 Å². The van der Waals surface area contributed by atoms with Crippen LogP contribution in [0.4, 0.5) is 0 Å². The molecule has 0 saturated carbocycles. The Balaban J connectivity index is 2.11. The van der Waals surface area contributed by atoms with Crippen molar-refractivity contribution in [3.8, 4) is 10.8 Å². The smallest absolute Gasteiger partial charge is 0.303 e. The van der Waals surface area contributed by atoms with Crippen LogP contribution in [-0.4, -0.2) is 26.3 Å². The fourth-order valence-corrected chi connectivity index (χ4v) is 2.47. The van der Waals surface area contributed by atoms with E-state index in [4.69, 9.17) is 9.52 Å². The molecule has 0 amide bonds. The fraction of sp³-hybridized carbons (Fsp3) is 0.500. The van der Waals surface area contributed by atoms with Crippen LogP contribution < -0.4 is 0 Å². The first kappa shape index (κ1) is 13.7. The van der Waals surface area contributed by atoms with E-state index in [-0.39, 0.29) is 6.42 Å². The molecule has 102 valence electrons. The molecule has 2 aromatic heterocycles. The second-order valence-corrected chi connectivity index (χ2v) is 6.39. The van der Waals surface area contributed by atoms with E-state index in [1.807, 2.05) is 20.8 Å². The monoisotopic (exact) mass is 281 g/mol. The van der Waals surface area contributed by atoms with Crippen molar-refractivity contribution >= 4 is 17.3 Å². The lowest BCUT2D eigenvalue weighted by atomic mass is 9.86. The van der Waals surface area contributed by atoms with E-state index in [1.54, 1.807) is 6.20 Å². The third-order valence-electron chi connectivity index (χ3n) is 2.56. The lowest BCUT2D eigenvalue weighted by molar-refractivity contribution is -0.139. The minimum Gasteiger partial charge on any atom is -0.481 e. The van der Waals surface area contributed by atoms with Gasteiger partial charge in [0, 0.05) is 6.42 Å². The van der Waals surface area contributed by atoms with E-state index in [0.717, 1.165) is 9.88 Å². The van der Waals surface area contributed by atoms with E-state index >= 15 is 0 Å². The zero-order valence-electron chi connectivity index (χ0n) is 11.0. The Kier molecular flexibility index (Phi) is 3.66. The van der Waals surface area contributed by atoms with Crippen molar-refractivity contribution in [3.05, 3.63) is 17.1 Å². The zero-order valence-corrected chi connectivity index (χ0v) is 11.8. The molecule has 0 fully saturated rings. The summed E-state index contributed by atoms with van der Waals surface area (Å²) in [6.07, 6.45) is 2.19. The van der Waals surface area contributed by atoms with Gasteiger partial charge < -0.3 is 9.52 Å². The second-order valence-electron chi connectivity index (χ2n) is 5.16. The van der Waals surface area contributed by atoms with Crippen molar-refractivity contribution in [1.29, 1.82) is 0 Å².